The lowest BCUT2D eigenvalue weighted by Crippen LogP contribution is -2.56. The average molecular weight is 617 g/mol. The van der Waals surface area contributed by atoms with E-state index in [1.54, 1.807) is 23.7 Å². The van der Waals surface area contributed by atoms with Gasteiger partial charge in [-0.2, -0.15) is 0 Å². The summed E-state index contributed by atoms with van der Waals surface area (Å²) in [4.78, 5) is 47.9. The van der Waals surface area contributed by atoms with Crippen molar-refractivity contribution in [3.05, 3.63) is 52.5 Å². The Labute approximate surface area is 259 Å². The number of alkyl carbamates (subject to hydrolysis) is 1. The summed E-state index contributed by atoms with van der Waals surface area (Å²) in [6.45, 7) is 11.6. The largest absolute Gasteiger partial charge is 0.444 e. The lowest BCUT2D eigenvalue weighted by molar-refractivity contribution is -0.124. The van der Waals surface area contributed by atoms with Gasteiger partial charge in [-0.1, -0.05) is 30.3 Å². The minimum absolute atomic E-state index is 0.165. The molecule has 3 atom stereocenters. The highest BCUT2D eigenvalue weighted by atomic mass is 32.1. The number of nitrogens with zero attached hydrogens (tertiary/aromatic N) is 3. The first kappa shape index (κ1) is 34.3. The van der Waals surface area contributed by atoms with Gasteiger partial charge in [-0.25, -0.2) is 9.59 Å². The number of hydrogen-bond acceptors (Lipinski definition) is 8. The number of aromatic nitrogens is 1. The molecule has 3 rings (SSSR count). The Hall–Kier alpha value is -3.22. The van der Waals surface area contributed by atoms with Crippen molar-refractivity contribution in [1.29, 1.82) is 0 Å². The average Bonchev–Trinajstić information content (AvgIpc) is 3.51. The molecule has 2 heterocycles. The summed E-state index contributed by atoms with van der Waals surface area (Å²) in [5, 5.41) is 9.09. The molecule has 11 nitrogen and oxygen atoms in total. The summed E-state index contributed by atoms with van der Waals surface area (Å²) in [6.07, 6.45) is 3.56. The molecular formula is C31H48N6O5S. The molecule has 1 aromatic carbocycles. The molecule has 0 spiro atoms. The summed E-state index contributed by atoms with van der Waals surface area (Å²) < 4.78 is 10.8. The Morgan fingerprint density at radius 3 is 2.44 bits per heavy atom. The number of hydrogen-bond donors (Lipinski definition) is 3. The molecule has 12 heteroatoms. The van der Waals surface area contributed by atoms with Crippen LogP contribution in [0.2, 0.25) is 0 Å². The molecule has 1 fully saturated rings. The fourth-order valence-electron chi connectivity index (χ4n) is 4.60. The highest BCUT2D eigenvalue weighted by molar-refractivity contribution is 7.09. The van der Waals surface area contributed by atoms with E-state index in [1.165, 1.54) is 11.3 Å². The highest BCUT2D eigenvalue weighted by Gasteiger charge is 2.29. The van der Waals surface area contributed by atoms with Crippen molar-refractivity contribution in [2.45, 2.75) is 83.6 Å². The van der Waals surface area contributed by atoms with E-state index in [4.69, 9.17) is 9.47 Å². The van der Waals surface area contributed by atoms with Crippen molar-refractivity contribution in [2.24, 2.45) is 0 Å². The summed E-state index contributed by atoms with van der Waals surface area (Å²) in [6, 6.07) is 8.64. The smallest absolute Gasteiger partial charge is 0.407 e. The van der Waals surface area contributed by atoms with Crippen LogP contribution in [0.5, 0.6) is 0 Å². The van der Waals surface area contributed by atoms with E-state index in [0.717, 1.165) is 23.5 Å². The second-order valence-electron chi connectivity index (χ2n) is 12.0. The van der Waals surface area contributed by atoms with E-state index in [-0.39, 0.29) is 30.6 Å². The lowest BCUT2D eigenvalue weighted by atomic mass is 9.99. The molecule has 43 heavy (non-hydrogen) atoms. The number of urea groups is 1. The van der Waals surface area contributed by atoms with Crippen molar-refractivity contribution < 1.29 is 23.9 Å². The normalized spacial score (nSPS) is 16.0. The second kappa shape index (κ2) is 17.2. The van der Waals surface area contributed by atoms with Gasteiger partial charge in [0, 0.05) is 50.5 Å². The number of amides is 4. The predicted molar refractivity (Wildman–Crippen MR) is 168 cm³/mol. The van der Waals surface area contributed by atoms with E-state index in [9.17, 15) is 14.4 Å². The zero-order chi connectivity index (χ0) is 31.2. The van der Waals surface area contributed by atoms with Crippen molar-refractivity contribution in [2.75, 3.05) is 39.9 Å². The van der Waals surface area contributed by atoms with Gasteiger partial charge in [0.05, 0.1) is 23.6 Å². The molecule has 0 aliphatic carbocycles. The Kier molecular flexibility index (Phi) is 13.7. The number of morpholine rings is 1. The van der Waals surface area contributed by atoms with E-state index >= 15 is 0 Å². The van der Waals surface area contributed by atoms with Gasteiger partial charge in [-0.15, -0.1) is 11.3 Å². The zero-order valence-electron chi connectivity index (χ0n) is 26.1. The van der Waals surface area contributed by atoms with Gasteiger partial charge < -0.3 is 30.3 Å². The molecule has 1 aliphatic heterocycles. The molecule has 3 unspecified atom stereocenters. The fraction of sp³-hybridized carbons (Fsp3) is 0.613. The summed E-state index contributed by atoms with van der Waals surface area (Å²) >= 11 is 1.43. The number of carbonyl (C=O) groups is 3. The standard InChI is InChI=1S/C31H48N6O5S/c1-23(33-30(40)42-21-26-20-32-22-43-26)11-12-25(19-24-9-7-6-8-10-24)34-28(38)27(13-14-37-15-17-41-18-16-37)35-29(39)36(5)31(2,3)4/h6-10,20,22-23,25,27H,11-19,21H2,1-5H3,(H,33,40)(H,34,38)(H,35,39). The molecule has 0 bridgehead atoms. The van der Waals surface area contributed by atoms with Gasteiger partial charge in [0.25, 0.3) is 0 Å². The monoisotopic (exact) mass is 616 g/mol. The van der Waals surface area contributed by atoms with Crippen molar-refractivity contribution in [3.63, 3.8) is 0 Å². The molecule has 1 aliphatic rings. The first-order chi connectivity index (χ1) is 20.5. The van der Waals surface area contributed by atoms with Crippen LogP contribution in [-0.4, -0.2) is 96.4 Å². The van der Waals surface area contributed by atoms with E-state index in [2.05, 4.69) is 25.8 Å². The van der Waals surface area contributed by atoms with Crippen LogP contribution in [-0.2, 0) is 27.3 Å². The number of carbonyl (C=O) groups excluding carboxylic acids is 3. The molecule has 0 radical (unpaired) electrons. The van der Waals surface area contributed by atoms with Crippen LogP contribution in [0.4, 0.5) is 9.59 Å². The number of thiazole rings is 1. The molecule has 1 aromatic heterocycles. The minimum Gasteiger partial charge on any atom is -0.444 e. The van der Waals surface area contributed by atoms with Crippen LogP contribution < -0.4 is 16.0 Å². The van der Waals surface area contributed by atoms with Crippen LogP contribution in [0, 0.1) is 0 Å². The second-order valence-corrected chi connectivity index (χ2v) is 13.0. The maximum atomic E-state index is 13.8. The van der Waals surface area contributed by atoms with Crippen LogP contribution in [0.1, 0.15) is 57.4 Å². The van der Waals surface area contributed by atoms with Crippen molar-refractivity contribution in [3.8, 4) is 0 Å². The number of nitrogens with one attached hydrogen (secondary N) is 3. The van der Waals surface area contributed by atoms with Gasteiger partial charge in [0.2, 0.25) is 5.91 Å². The number of ether oxygens (including phenoxy) is 2. The SMILES string of the molecule is CC(CCC(Cc1ccccc1)NC(=O)C(CCN1CCOCC1)NC(=O)N(C)C(C)(C)C)NC(=O)OCc1cncs1. The molecule has 2 aromatic rings. The first-order valence-corrected chi connectivity index (χ1v) is 15.9. The van der Waals surface area contributed by atoms with E-state index in [0.29, 0.717) is 45.4 Å². The van der Waals surface area contributed by atoms with Crippen molar-refractivity contribution in [1.82, 2.24) is 30.7 Å². The topological polar surface area (TPSA) is 125 Å². The van der Waals surface area contributed by atoms with E-state index in [1.807, 2.05) is 58.0 Å². The van der Waals surface area contributed by atoms with Gasteiger partial charge >= 0.3 is 12.1 Å². The zero-order valence-corrected chi connectivity index (χ0v) is 27.0. The molecule has 4 amide bonds. The minimum atomic E-state index is -0.698. The molecule has 238 valence electrons. The number of benzene rings is 1. The highest BCUT2D eigenvalue weighted by Crippen LogP contribution is 2.14. The fourth-order valence-corrected chi connectivity index (χ4v) is 5.10. The molecule has 1 saturated heterocycles. The quantitative estimate of drug-likeness (QED) is 0.295. The van der Waals surface area contributed by atoms with Crippen LogP contribution >= 0.6 is 11.3 Å². The Morgan fingerprint density at radius 1 is 1.07 bits per heavy atom. The summed E-state index contributed by atoms with van der Waals surface area (Å²) in [7, 11) is 1.74. The summed E-state index contributed by atoms with van der Waals surface area (Å²) in [5.74, 6) is -0.213. The lowest BCUT2D eigenvalue weighted by Gasteiger charge is -2.34. The van der Waals surface area contributed by atoms with Gasteiger partial charge in [0.1, 0.15) is 12.6 Å². The molecule has 0 saturated carbocycles. The number of rotatable bonds is 14. The van der Waals surface area contributed by atoms with E-state index < -0.39 is 17.7 Å². The Balaban J connectivity index is 1.63. The third kappa shape index (κ3) is 12.5. The van der Waals surface area contributed by atoms with Crippen molar-refractivity contribution >= 4 is 29.4 Å². The van der Waals surface area contributed by atoms with Crippen LogP contribution in [0.25, 0.3) is 0 Å². The maximum Gasteiger partial charge on any atom is 0.407 e. The van der Waals surface area contributed by atoms with Gasteiger partial charge in [0.15, 0.2) is 0 Å². The van der Waals surface area contributed by atoms with Crippen LogP contribution in [0.15, 0.2) is 42.0 Å². The Bertz CT molecular complexity index is 1120. The van der Waals surface area contributed by atoms with Gasteiger partial charge in [-0.3, -0.25) is 14.7 Å². The first-order valence-electron chi connectivity index (χ1n) is 15.0. The van der Waals surface area contributed by atoms with Crippen LogP contribution in [0.3, 0.4) is 0 Å². The summed E-state index contributed by atoms with van der Waals surface area (Å²) in [5.41, 5.74) is 2.40. The van der Waals surface area contributed by atoms with Gasteiger partial charge in [-0.05, 0) is 58.9 Å². The Morgan fingerprint density at radius 2 is 1.79 bits per heavy atom. The third-order valence-electron chi connectivity index (χ3n) is 7.58. The molecular weight excluding hydrogens is 568 g/mol. The maximum absolute atomic E-state index is 13.8. The molecule has 3 N–H and O–H groups in total. The third-order valence-corrected chi connectivity index (χ3v) is 8.33. The predicted octanol–water partition coefficient (Wildman–Crippen LogP) is 3.80.